The molecular formula is C47H51NO9. The van der Waals surface area contributed by atoms with E-state index in [1.165, 1.54) is 0 Å². The lowest BCUT2D eigenvalue weighted by Crippen LogP contribution is -2.47. The predicted octanol–water partition coefficient (Wildman–Crippen LogP) is 7.64. The van der Waals surface area contributed by atoms with Crippen molar-refractivity contribution in [2.75, 3.05) is 74.0 Å². The van der Waals surface area contributed by atoms with Crippen LogP contribution in [0.5, 0.6) is 0 Å². The maximum atomic E-state index is 14.5. The number of hydrogen-bond donors (Lipinski definition) is 0. The largest absolute Gasteiger partial charge is 0.448 e. The van der Waals surface area contributed by atoms with Gasteiger partial charge < -0.3 is 37.9 Å². The topological polar surface area (TPSA) is 94.2 Å². The van der Waals surface area contributed by atoms with Crippen LogP contribution in [-0.4, -0.2) is 103 Å². The molecular weight excluding hydrogens is 723 g/mol. The van der Waals surface area contributed by atoms with Crippen LogP contribution in [0.3, 0.4) is 0 Å². The first-order chi connectivity index (χ1) is 28.2. The number of ether oxygens (including phenoxy) is 8. The summed E-state index contributed by atoms with van der Waals surface area (Å²) < 4.78 is 48.2. The van der Waals surface area contributed by atoms with Crippen LogP contribution < -0.4 is 0 Å². The molecule has 57 heavy (non-hydrogen) atoms. The monoisotopic (exact) mass is 773 g/mol. The molecule has 2 aliphatic rings. The van der Waals surface area contributed by atoms with Gasteiger partial charge in [0.2, 0.25) is 0 Å². The van der Waals surface area contributed by atoms with Gasteiger partial charge >= 0.3 is 6.09 Å². The first kappa shape index (κ1) is 40.3. The third-order valence-electron chi connectivity index (χ3n) is 10.7. The van der Waals surface area contributed by atoms with Gasteiger partial charge in [0.15, 0.2) is 0 Å². The fraction of sp³-hybridized carbons (Fsp3) is 0.340. The van der Waals surface area contributed by atoms with Gasteiger partial charge in [0.1, 0.15) is 38.0 Å². The molecule has 7 rings (SSSR count). The highest BCUT2D eigenvalue weighted by Gasteiger charge is 2.49. The molecule has 1 aliphatic heterocycles. The van der Waals surface area contributed by atoms with Crippen molar-refractivity contribution in [3.05, 3.63) is 167 Å². The summed E-state index contributed by atoms with van der Waals surface area (Å²) in [4.78, 5) is 16.2. The van der Waals surface area contributed by atoms with Gasteiger partial charge in [0, 0.05) is 20.1 Å². The van der Waals surface area contributed by atoms with Crippen molar-refractivity contribution in [1.82, 2.24) is 4.90 Å². The van der Waals surface area contributed by atoms with Crippen LogP contribution in [0.25, 0.3) is 11.1 Å². The summed E-state index contributed by atoms with van der Waals surface area (Å²) in [5.41, 5.74) is 6.35. The minimum Gasteiger partial charge on any atom is -0.448 e. The Morgan fingerprint density at radius 3 is 1.58 bits per heavy atom. The van der Waals surface area contributed by atoms with Crippen LogP contribution in [0.4, 0.5) is 4.79 Å². The molecule has 10 heteroatoms. The summed E-state index contributed by atoms with van der Waals surface area (Å²) in [7, 11) is 3.23. The number of benzene rings is 5. The molecule has 1 fully saturated rings. The zero-order valence-electron chi connectivity index (χ0n) is 32.6. The lowest BCUT2D eigenvalue weighted by molar-refractivity contribution is -0.167. The summed E-state index contributed by atoms with van der Waals surface area (Å²) in [6.45, 7) is 1.86. The van der Waals surface area contributed by atoms with Crippen LogP contribution in [0, 0.1) is 0 Å². The van der Waals surface area contributed by atoms with Crippen molar-refractivity contribution in [2.24, 2.45) is 0 Å². The Morgan fingerprint density at radius 2 is 1.07 bits per heavy atom. The average Bonchev–Trinajstić information content (AvgIpc) is 3.78. The lowest BCUT2D eigenvalue weighted by Gasteiger charge is -2.38. The SMILES string of the molecule is COCCOCO[C@@H]1[C@@H](COC(c2ccccc2)(c2ccccc2)c2ccccc2)N(C(=O)OCC2c3ccccc3-c3ccccc32)C[C@H]1OCOCCOC. The van der Waals surface area contributed by atoms with Crippen molar-refractivity contribution in [3.63, 3.8) is 0 Å². The number of amides is 1. The van der Waals surface area contributed by atoms with Crippen LogP contribution in [0.2, 0.25) is 0 Å². The Bertz CT molecular complexity index is 1840. The van der Waals surface area contributed by atoms with Crippen LogP contribution in [0.1, 0.15) is 33.7 Å². The Kier molecular flexibility index (Phi) is 14.1. The van der Waals surface area contributed by atoms with E-state index in [0.29, 0.717) is 26.4 Å². The van der Waals surface area contributed by atoms with Gasteiger partial charge in [0.25, 0.3) is 0 Å². The van der Waals surface area contributed by atoms with Gasteiger partial charge in [-0.1, -0.05) is 140 Å². The third kappa shape index (κ3) is 9.14. The summed E-state index contributed by atoms with van der Waals surface area (Å²) >= 11 is 0. The minimum absolute atomic E-state index is 0.0213. The Balaban J connectivity index is 1.22. The minimum atomic E-state index is -1.04. The van der Waals surface area contributed by atoms with Gasteiger partial charge in [-0.2, -0.15) is 0 Å². The van der Waals surface area contributed by atoms with Crippen LogP contribution in [0.15, 0.2) is 140 Å². The van der Waals surface area contributed by atoms with Gasteiger partial charge in [-0.3, -0.25) is 4.90 Å². The molecule has 10 nitrogen and oxygen atoms in total. The standard InChI is InChI=1S/C47H51NO9/c1-50-26-28-52-33-55-44-30-48(46(49)54-31-42-40-24-14-12-22-38(40)39-23-13-15-25-41(39)42)43(45(44)56-34-53-29-27-51-2)32-57-47(35-16-6-3-7-17-35,36-18-8-4-9-19-36)37-20-10-5-11-21-37/h3-25,42-45H,26-34H2,1-2H3/t43-,44-,45-/m1/s1. The van der Waals surface area contributed by atoms with Crippen LogP contribution >= 0.6 is 0 Å². The molecule has 1 heterocycles. The second kappa shape index (κ2) is 20.0. The van der Waals surface area contributed by atoms with Crippen molar-refractivity contribution >= 4 is 6.09 Å². The average molecular weight is 774 g/mol. The first-order valence-electron chi connectivity index (χ1n) is 19.4. The molecule has 0 spiro atoms. The summed E-state index contributed by atoms with van der Waals surface area (Å²) in [5, 5.41) is 0. The quantitative estimate of drug-likeness (QED) is 0.0450. The lowest BCUT2D eigenvalue weighted by atomic mass is 9.80. The van der Waals surface area contributed by atoms with E-state index in [1.54, 1.807) is 19.1 Å². The predicted molar refractivity (Wildman–Crippen MR) is 216 cm³/mol. The molecule has 0 radical (unpaired) electrons. The number of rotatable bonds is 20. The van der Waals surface area contributed by atoms with Gasteiger partial charge in [-0.15, -0.1) is 0 Å². The number of nitrogens with zero attached hydrogens (tertiary/aromatic N) is 1. The number of carbonyl (C=O) groups is 1. The molecule has 0 bridgehead atoms. The maximum absolute atomic E-state index is 14.5. The van der Waals surface area contributed by atoms with Crippen molar-refractivity contribution < 1.29 is 42.7 Å². The third-order valence-corrected chi connectivity index (χ3v) is 10.7. The van der Waals surface area contributed by atoms with Gasteiger partial charge in [-0.25, -0.2) is 4.79 Å². The molecule has 1 aliphatic carbocycles. The molecule has 1 amide bonds. The number of fused-ring (bicyclic) bond motifs is 3. The normalized spacial score (nSPS) is 17.7. The molecule has 1 saturated heterocycles. The Hall–Kier alpha value is -4.91. The molecule has 0 N–H and O–H groups in total. The van der Waals surface area contributed by atoms with E-state index < -0.39 is 29.9 Å². The van der Waals surface area contributed by atoms with Crippen LogP contribution in [-0.2, 0) is 43.5 Å². The Morgan fingerprint density at radius 1 is 0.596 bits per heavy atom. The first-order valence-corrected chi connectivity index (χ1v) is 19.4. The number of likely N-dealkylation sites (tertiary alicyclic amines) is 1. The zero-order valence-corrected chi connectivity index (χ0v) is 32.6. The molecule has 3 atom stereocenters. The second-order valence-corrected chi connectivity index (χ2v) is 14.0. The van der Waals surface area contributed by atoms with E-state index in [4.69, 9.17) is 37.9 Å². The number of methoxy groups -OCH3 is 2. The molecule has 0 aromatic heterocycles. The van der Waals surface area contributed by atoms with Gasteiger partial charge in [0.05, 0.1) is 45.6 Å². The molecule has 0 saturated carbocycles. The van der Waals surface area contributed by atoms with Crippen molar-refractivity contribution in [1.29, 1.82) is 0 Å². The molecule has 5 aromatic carbocycles. The fourth-order valence-electron chi connectivity index (χ4n) is 7.94. The molecule has 298 valence electrons. The number of carbonyl (C=O) groups excluding carboxylic acids is 1. The maximum Gasteiger partial charge on any atom is 0.410 e. The highest BCUT2D eigenvalue weighted by molar-refractivity contribution is 5.79. The van der Waals surface area contributed by atoms with E-state index >= 15 is 0 Å². The molecule has 0 unspecified atom stereocenters. The van der Waals surface area contributed by atoms with E-state index in [0.717, 1.165) is 38.9 Å². The molecule has 5 aromatic rings. The highest BCUT2D eigenvalue weighted by atomic mass is 16.7. The van der Waals surface area contributed by atoms with E-state index in [-0.39, 0.29) is 39.3 Å². The Labute approximate surface area is 335 Å². The number of hydrogen-bond acceptors (Lipinski definition) is 9. The summed E-state index contributed by atoms with van der Waals surface area (Å²) in [6, 6.07) is 46.4. The fourth-order valence-corrected chi connectivity index (χ4v) is 7.94. The van der Waals surface area contributed by atoms with Crippen molar-refractivity contribution in [3.8, 4) is 11.1 Å². The van der Waals surface area contributed by atoms with E-state index in [1.807, 2.05) is 78.9 Å². The van der Waals surface area contributed by atoms with Crippen molar-refractivity contribution in [2.45, 2.75) is 29.8 Å². The van der Waals surface area contributed by atoms with E-state index in [2.05, 4.69) is 60.7 Å². The zero-order chi connectivity index (χ0) is 39.3. The smallest absolute Gasteiger partial charge is 0.410 e. The van der Waals surface area contributed by atoms with Gasteiger partial charge in [-0.05, 0) is 38.9 Å². The summed E-state index contributed by atoms with van der Waals surface area (Å²) in [5.74, 6) is -0.108. The van der Waals surface area contributed by atoms with E-state index in [9.17, 15) is 4.79 Å². The highest BCUT2D eigenvalue weighted by Crippen LogP contribution is 2.45. The second-order valence-electron chi connectivity index (χ2n) is 14.0. The summed E-state index contributed by atoms with van der Waals surface area (Å²) in [6.07, 6.45) is -1.75.